The molecule has 0 spiro atoms. The maximum atomic E-state index is 12.6. The van der Waals surface area contributed by atoms with E-state index in [0.717, 1.165) is 11.8 Å². The molecular formula is C12H12FNO. The second-order valence-corrected chi connectivity index (χ2v) is 2.96. The zero-order valence-electron chi connectivity index (χ0n) is 8.15. The van der Waals surface area contributed by atoms with Crippen LogP contribution in [0, 0.1) is 0 Å². The summed E-state index contributed by atoms with van der Waals surface area (Å²) >= 11 is 0. The van der Waals surface area contributed by atoms with Gasteiger partial charge in [-0.25, -0.2) is 4.39 Å². The number of benzene rings is 1. The quantitative estimate of drug-likeness (QED) is 0.745. The van der Waals surface area contributed by atoms with Crippen molar-refractivity contribution in [1.82, 2.24) is 0 Å². The van der Waals surface area contributed by atoms with Crippen LogP contribution in [0.15, 0.2) is 55.0 Å². The highest BCUT2D eigenvalue weighted by Crippen LogP contribution is 2.17. The number of halogens is 1. The third-order valence-corrected chi connectivity index (χ3v) is 1.84. The molecule has 1 aromatic rings. The Hall–Kier alpha value is -2.03. The summed E-state index contributed by atoms with van der Waals surface area (Å²) in [5.74, 6) is -0.335. The first-order valence-electron chi connectivity index (χ1n) is 4.37. The minimum Gasteiger partial charge on any atom is -0.508 e. The predicted octanol–water partition coefficient (Wildman–Crippen LogP) is 2.73. The molecule has 0 aliphatic rings. The van der Waals surface area contributed by atoms with Crippen molar-refractivity contribution in [1.29, 1.82) is 0 Å². The van der Waals surface area contributed by atoms with Gasteiger partial charge in [-0.1, -0.05) is 24.8 Å². The Morgan fingerprint density at radius 1 is 1.27 bits per heavy atom. The normalized spacial score (nSPS) is 11.9. The van der Waals surface area contributed by atoms with Crippen LogP contribution in [0.25, 0.3) is 5.57 Å². The third kappa shape index (κ3) is 3.31. The van der Waals surface area contributed by atoms with Gasteiger partial charge in [0.1, 0.15) is 11.6 Å². The van der Waals surface area contributed by atoms with E-state index in [-0.39, 0.29) is 5.75 Å². The monoisotopic (exact) mass is 205 g/mol. The Morgan fingerprint density at radius 3 is 2.40 bits per heavy atom. The van der Waals surface area contributed by atoms with Crippen LogP contribution >= 0.6 is 0 Å². The van der Waals surface area contributed by atoms with Gasteiger partial charge in [0.25, 0.3) is 0 Å². The molecule has 0 saturated heterocycles. The fourth-order valence-corrected chi connectivity index (χ4v) is 1.01. The van der Waals surface area contributed by atoms with Crippen molar-refractivity contribution in [2.75, 3.05) is 0 Å². The van der Waals surface area contributed by atoms with E-state index in [0.29, 0.717) is 5.57 Å². The SMILES string of the molecule is C=C(/C=C\C(F)=C/N)c1ccc(O)cc1. The molecule has 0 aliphatic heterocycles. The maximum Gasteiger partial charge on any atom is 0.138 e. The molecule has 0 fully saturated rings. The van der Waals surface area contributed by atoms with Gasteiger partial charge < -0.3 is 10.8 Å². The molecule has 0 atom stereocenters. The van der Waals surface area contributed by atoms with Crippen LogP contribution in [0.1, 0.15) is 5.56 Å². The van der Waals surface area contributed by atoms with Gasteiger partial charge in [-0.2, -0.15) is 0 Å². The molecule has 0 heterocycles. The zero-order valence-corrected chi connectivity index (χ0v) is 8.15. The molecule has 1 rings (SSSR count). The van der Waals surface area contributed by atoms with Crippen LogP contribution in [0.5, 0.6) is 5.75 Å². The lowest BCUT2D eigenvalue weighted by molar-refractivity contribution is 0.475. The summed E-state index contributed by atoms with van der Waals surface area (Å²) < 4.78 is 12.6. The molecule has 78 valence electrons. The molecule has 0 aliphatic carbocycles. The van der Waals surface area contributed by atoms with Gasteiger partial charge in [-0.3, -0.25) is 0 Å². The lowest BCUT2D eigenvalue weighted by Crippen LogP contribution is -1.81. The Bertz CT molecular complexity index is 404. The summed E-state index contributed by atoms with van der Waals surface area (Å²) in [6, 6.07) is 6.49. The molecule has 2 nitrogen and oxygen atoms in total. The molecule has 0 saturated carbocycles. The Labute approximate surface area is 87.9 Å². The Balaban J connectivity index is 2.78. The average molecular weight is 205 g/mol. The lowest BCUT2D eigenvalue weighted by Gasteiger charge is -1.99. The van der Waals surface area contributed by atoms with E-state index in [4.69, 9.17) is 10.8 Å². The molecule has 3 N–H and O–H groups in total. The largest absolute Gasteiger partial charge is 0.508 e. The zero-order chi connectivity index (χ0) is 11.3. The number of allylic oxidation sites excluding steroid dienone is 4. The summed E-state index contributed by atoms with van der Waals surface area (Å²) in [6.07, 6.45) is 3.63. The van der Waals surface area contributed by atoms with Gasteiger partial charge in [0.05, 0.1) is 0 Å². The minimum atomic E-state index is -0.519. The van der Waals surface area contributed by atoms with Crippen LogP contribution in [0.2, 0.25) is 0 Å². The molecule has 0 aromatic heterocycles. The van der Waals surface area contributed by atoms with E-state index in [1.165, 1.54) is 12.2 Å². The van der Waals surface area contributed by atoms with E-state index in [9.17, 15) is 4.39 Å². The van der Waals surface area contributed by atoms with Crippen molar-refractivity contribution < 1.29 is 9.50 Å². The van der Waals surface area contributed by atoms with Gasteiger partial charge in [-0.15, -0.1) is 0 Å². The van der Waals surface area contributed by atoms with E-state index < -0.39 is 5.83 Å². The second kappa shape index (κ2) is 5.00. The number of phenolic OH excluding ortho intramolecular Hbond substituents is 1. The van der Waals surface area contributed by atoms with Gasteiger partial charge in [0.15, 0.2) is 0 Å². The number of nitrogens with two attached hydrogens (primary N) is 1. The van der Waals surface area contributed by atoms with Crippen molar-refractivity contribution >= 4 is 5.57 Å². The van der Waals surface area contributed by atoms with E-state index in [1.807, 2.05) is 0 Å². The molecule has 1 aromatic carbocycles. The lowest BCUT2D eigenvalue weighted by atomic mass is 10.1. The van der Waals surface area contributed by atoms with Gasteiger partial charge in [-0.05, 0) is 29.3 Å². The molecule has 15 heavy (non-hydrogen) atoms. The Morgan fingerprint density at radius 2 is 1.87 bits per heavy atom. The molecule has 3 heteroatoms. The molecule has 0 unspecified atom stereocenters. The maximum absolute atomic E-state index is 12.6. The molecule has 0 radical (unpaired) electrons. The standard InChI is InChI=1S/C12H12FNO/c1-9(2-5-11(13)8-14)10-3-6-12(15)7-4-10/h2-8,15H,1,14H2/b5-2-,11-8+. The van der Waals surface area contributed by atoms with Crippen LogP contribution in [-0.2, 0) is 0 Å². The van der Waals surface area contributed by atoms with Crippen LogP contribution < -0.4 is 5.73 Å². The van der Waals surface area contributed by atoms with Crippen LogP contribution in [-0.4, -0.2) is 5.11 Å². The molecule has 0 bridgehead atoms. The number of rotatable bonds is 3. The minimum absolute atomic E-state index is 0.184. The fraction of sp³-hybridized carbons (Fsp3) is 0. The summed E-state index contributed by atoms with van der Waals surface area (Å²) in [5, 5.41) is 9.06. The smallest absolute Gasteiger partial charge is 0.138 e. The highest BCUT2D eigenvalue weighted by molar-refractivity contribution is 5.72. The third-order valence-electron chi connectivity index (χ3n) is 1.84. The van der Waals surface area contributed by atoms with E-state index in [2.05, 4.69) is 6.58 Å². The first kappa shape index (κ1) is 11.0. The Kier molecular flexibility index (Phi) is 3.68. The predicted molar refractivity (Wildman–Crippen MR) is 59.7 cm³/mol. The number of hydrogen-bond donors (Lipinski definition) is 2. The highest BCUT2D eigenvalue weighted by atomic mass is 19.1. The van der Waals surface area contributed by atoms with Gasteiger partial charge in [0, 0.05) is 6.20 Å². The number of phenols is 1. The van der Waals surface area contributed by atoms with E-state index in [1.54, 1.807) is 24.3 Å². The average Bonchev–Trinajstić information content (AvgIpc) is 2.26. The summed E-state index contributed by atoms with van der Waals surface area (Å²) in [4.78, 5) is 0. The summed E-state index contributed by atoms with van der Waals surface area (Å²) in [5.41, 5.74) is 6.42. The topological polar surface area (TPSA) is 46.2 Å². The summed E-state index contributed by atoms with van der Waals surface area (Å²) in [6.45, 7) is 3.76. The first-order valence-corrected chi connectivity index (χ1v) is 4.37. The van der Waals surface area contributed by atoms with Crippen molar-refractivity contribution in [3.63, 3.8) is 0 Å². The van der Waals surface area contributed by atoms with Crippen molar-refractivity contribution in [2.45, 2.75) is 0 Å². The number of aromatic hydroxyl groups is 1. The fourth-order valence-electron chi connectivity index (χ4n) is 1.01. The van der Waals surface area contributed by atoms with Crippen molar-refractivity contribution in [2.24, 2.45) is 5.73 Å². The van der Waals surface area contributed by atoms with Crippen molar-refractivity contribution in [3.05, 3.63) is 60.6 Å². The van der Waals surface area contributed by atoms with E-state index >= 15 is 0 Å². The summed E-state index contributed by atoms with van der Waals surface area (Å²) in [7, 11) is 0. The number of hydrogen-bond acceptors (Lipinski definition) is 2. The highest BCUT2D eigenvalue weighted by Gasteiger charge is 1.95. The molecular weight excluding hydrogens is 193 g/mol. The van der Waals surface area contributed by atoms with Gasteiger partial charge in [0.2, 0.25) is 0 Å². The first-order chi connectivity index (χ1) is 7.13. The molecule has 0 amide bonds. The second-order valence-electron chi connectivity index (χ2n) is 2.96. The van der Waals surface area contributed by atoms with Crippen LogP contribution in [0.3, 0.4) is 0 Å². The van der Waals surface area contributed by atoms with Crippen LogP contribution in [0.4, 0.5) is 4.39 Å². The van der Waals surface area contributed by atoms with Gasteiger partial charge >= 0.3 is 0 Å². The van der Waals surface area contributed by atoms with Crippen molar-refractivity contribution in [3.8, 4) is 5.75 Å².